The van der Waals surface area contributed by atoms with Crippen LogP contribution >= 0.6 is 11.3 Å². The van der Waals surface area contributed by atoms with E-state index in [4.69, 9.17) is 0 Å². The fourth-order valence-corrected chi connectivity index (χ4v) is 3.98. The lowest BCUT2D eigenvalue weighted by Crippen LogP contribution is -2.36. The van der Waals surface area contributed by atoms with Crippen LogP contribution in [-0.2, 0) is 11.3 Å². The van der Waals surface area contributed by atoms with Crippen LogP contribution in [0.5, 0.6) is 0 Å². The zero-order valence-electron chi connectivity index (χ0n) is 16.7. The molecule has 0 saturated heterocycles. The molecule has 1 atom stereocenters. The van der Waals surface area contributed by atoms with Crippen molar-refractivity contribution in [1.29, 1.82) is 0 Å². The van der Waals surface area contributed by atoms with Gasteiger partial charge in [-0.15, -0.1) is 21.5 Å². The number of nitrogens with zero attached hydrogens (tertiary/aromatic N) is 5. The standard InChI is InChI=1S/C21H22N6O2S/c1-14(2)12-16(21-24-23-18-7-3-4-10-26(18)21)22-19(28)13-27-20(29)9-8-15(25-27)17-6-5-11-30-17/h3-11,14,16H,12-13H2,1-2H3,(H,22,28)/t16-/m1/s1. The van der Waals surface area contributed by atoms with Gasteiger partial charge in [0.2, 0.25) is 5.91 Å². The maximum atomic E-state index is 12.8. The summed E-state index contributed by atoms with van der Waals surface area (Å²) in [5, 5.41) is 17.8. The molecule has 0 fully saturated rings. The molecule has 4 aromatic rings. The zero-order chi connectivity index (χ0) is 21.1. The number of amides is 1. The maximum absolute atomic E-state index is 12.8. The lowest BCUT2D eigenvalue weighted by Gasteiger charge is -2.19. The van der Waals surface area contributed by atoms with E-state index in [1.807, 2.05) is 46.3 Å². The lowest BCUT2D eigenvalue weighted by molar-refractivity contribution is -0.122. The van der Waals surface area contributed by atoms with Gasteiger partial charge in [0.05, 0.1) is 10.9 Å². The van der Waals surface area contributed by atoms with Crippen molar-refractivity contribution in [2.75, 3.05) is 0 Å². The highest BCUT2D eigenvalue weighted by molar-refractivity contribution is 7.13. The summed E-state index contributed by atoms with van der Waals surface area (Å²) in [5.74, 6) is 0.695. The van der Waals surface area contributed by atoms with Crippen LogP contribution in [-0.4, -0.2) is 30.3 Å². The molecule has 0 aliphatic carbocycles. The Morgan fingerprint density at radius 2 is 2.00 bits per heavy atom. The van der Waals surface area contributed by atoms with Crippen LogP contribution in [0.2, 0.25) is 0 Å². The molecular formula is C21H22N6O2S. The minimum absolute atomic E-state index is 0.163. The molecular weight excluding hydrogens is 400 g/mol. The van der Waals surface area contributed by atoms with Crippen molar-refractivity contribution < 1.29 is 4.79 Å². The van der Waals surface area contributed by atoms with Crippen LogP contribution < -0.4 is 10.9 Å². The SMILES string of the molecule is CC(C)C[C@@H](NC(=O)Cn1nc(-c2cccs2)ccc1=O)c1nnc2ccccn12. The maximum Gasteiger partial charge on any atom is 0.267 e. The minimum atomic E-state index is -0.328. The Kier molecular flexibility index (Phi) is 5.71. The van der Waals surface area contributed by atoms with Crippen LogP contribution in [0.15, 0.2) is 58.8 Å². The van der Waals surface area contributed by atoms with Crippen LogP contribution in [0.4, 0.5) is 0 Å². The van der Waals surface area contributed by atoms with E-state index in [2.05, 4.69) is 34.5 Å². The van der Waals surface area contributed by atoms with Gasteiger partial charge in [-0.1, -0.05) is 26.0 Å². The van der Waals surface area contributed by atoms with Gasteiger partial charge in [-0.25, -0.2) is 4.68 Å². The number of carbonyl (C=O) groups is 1. The van der Waals surface area contributed by atoms with E-state index in [0.717, 1.165) is 10.5 Å². The van der Waals surface area contributed by atoms with Crippen molar-refractivity contribution in [1.82, 2.24) is 29.7 Å². The molecule has 154 valence electrons. The van der Waals surface area contributed by atoms with E-state index >= 15 is 0 Å². The van der Waals surface area contributed by atoms with Crippen LogP contribution in [0.25, 0.3) is 16.2 Å². The fraction of sp³-hybridized carbons (Fsp3) is 0.286. The molecule has 0 aliphatic rings. The van der Waals surface area contributed by atoms with Gasteiger partial charge in [-0.05, 0) is 42.0 Å². The Morgan fingerprint density at radius 3 is 2.77 bits per heavy atom. The monoisotopic (exact) mass is 422 g/mol. The number of hydrogen-bond donors (Lipinski definition) is 1. The average molecular weight is 423 g/mol. The summed E-state index contributed by atoms with van der Waals surface area (Å²) in [6.07, 6.45) is 2.57. The second-order valence-corrected chi connectivity index (χ2v) is 8.38. The van der Waals surface area contributed by atoms with Crippen molar-refractivity contribution in [3.63, 3.8) is 0 Å². The fourth-order valence-electron chi connectivity index (χ4n) is 3.29. The largest absolute Gasteiger partial charge is 0.344 e. The summed E-state index contributed by atoms with van der Waals surface area (Å²) < 4.78 is 3.06. The first kappa shape index (κ1) is 20.0. The number of pyridine rings is 1. The Morgan fingerprint density at radius 1 is 1.13 bits per heavy atom. The van der Waals surface area contributed by atoms with Crippen molar-refractivity contribution in [3.05, 3.63) is 70.2 Å². The summed E-state index contributed by atoms with van der Waals surface area (Å²) in [5.41, 5.74) is 1.07. The minimum Gasteiger partial charge on any atom is -0.344 e. The quantitative estimate of drug-likeness (QED) is 0.494. The molecule has 4 aromatic heterocycles. The van der Waals surface area contributed by atoms with E-state index < -0.39 is 0 Å². The molecule has 4 rings (SSSR count). The molecule has 30 heavy (non-hydrogen) atoms. The molecule has 0 spiro atoms. The number of rotatable bonds is 7. The van der Waals surface area contributed by atoms with Crippen molar-refractivity contribution in [2.45, 2.75) is 32.9 Å². The molecule has 0 bridgehead atoms. The number of aromatic nitrogens is 5. The van der Waals surface area contributed by atoms with Crippen LogP contribution in [0.1, 0.15) is 32.1 Å². The lowest BCUT2D eigenvalue weighted by atomic mass is 10.0. The molecule has 9 heteroatoms. The van der Waals surface area contributed by atoms with Gasteiger partial charge in [0.15, 0.2) is 11.5 Å². The topological polar surface area (TPSA) is 94.2 Å². The third-order valence-corrected chi connectivity index (χ3v) is 5.52. The number of thiophene rings is 1. The number of hydrogen-bond acceptors (Lipinski definition) is 6. The highest BCUT2D eigenvalue weighted by Crippen LogP contribution is 2.22. The Hall–Kier alpha value is -3.33. The molecule has 0 saturated carbocycles. The molecule has 0 aliphatic heterocycles. The predicted molar refractivity (Wildman–Crippen MR) is 115 cm³/mol. The second-order valence-electron chi connectivity index (χ2n) is 7.43. The normalized spacial score (nSPS) is 12.4. The molecule has 0 unspecified atom stereocenters. The molecule has 1 N–H and O–H groups in total. The number of carbonyl (C=O) groups excluding carboxylic acids is 1. The Labute approximate surface area is 177 Å². The van der Waals surface area contributed by atoms with E-state index in [-0.39, 0.29) is 24.1 Å². The molecule has 0 radical (unpaired) electrons. The first-order chi connectivity index (χ1) is 14.5. The van der Waals surface area contributed by atoms with Crippen molar-refractivity contribution in [2.24, 2.45) is 5.92 Å². The smallest absolute Gasteiger partial charge is 0.267 e. The number of fused-ring (bicyclic) bond motifs is 1. The van der Waals surface area contributed by atoms with E-state index in [1.54, 1.807) is 6.07 Å². The van der Waals surface area contributed by atoms with Crippen LogP contribution in [0, 0.1) is 5.92 Å². The van der Waals surface area contributed by atoms with Gasteiger partial charge in [0.1, 0.15) is 12.2 Å². The van der Waals surface area contributed by atoms with Crippen LogP contribution in [0.3, 0.4) is 0 Å². The first-order valence-corrected chi connectivity index (χ1v) is 10.6. The van der Waals surface area contributed by atoms with Gasteiger partial charge < -0.3 is 5.32 Å². The van der Waals surface area contributed by atoms with Crippen molar-refractivity contribution >= 4 is 22.9 Å². The highest BCUT2D eigenvalue weighted by Gasteiger charge is 2.22. The van der Waals surface area contributed by atoms with E-state index in [1.165, 1.54) is 22.1 Å². The summed E-state index contributed by atoms with van der Waals surface area (Å²) in [7, 11) is 0. The third-order valence-electron chi connectivity index (χ3n) is 4.63. The molecule has 4 heterocycles. The molecule has 8 nitrogen and oxygen atoms in total. The number of nitrogens with one attached hydrogen (secondary N) is 1. The van der Waals surface area contributed by atoms with Gasteiger partial charge in [-0.3, -0.25) is 14.0 Å². The Balaban J connectivity index is 1.56. The van der Waals surface area contributed by atoms with Gasteiger partial charge in [-0.2, -0.15) is 5.10 Å². The predicted octanol–water partition coefficient (Wildman–Crippen LogP) is 2.92. The third kappa shape index (κ3) is 4.30. The summed E-state index contributed by atoms with van der Waals surface area (Å²) in [6, 6.07) is 12.3. The second kappa shape index (κ2) is 8.58. The summed E-state index contributed by atoms with van der Waals surface area (Å²) >= 11 is 1.53. The first-order valence-electron chi connectivity index (χ1n) is 9.72. The highest BCUT2D eigenvalue weighted by atomic mass is 32.1. The zero-order valence-corrected chi connectivity index (χ0v) is 17.5. The Bertz CT molecular complexity index is 1210. The van der Waals surface area contributed by atoms with Gasteiger partial charge >= 0.3 is 0 Å². The van der Waals surface area contributed by atoms with Gasteiger partial charge in [0, 0.05) is 12.3 Å². The summed E-state index contributed by atoms with van der Waals surface area (Å²) in [4.78, 5) is 26.0. The summed E-state index contributed by atoms with van der Waals surface area (Å²) in [6.45, 7) is 4.00. The van der Waals surface area contributed by atoms with Crippen molar-refractivity contribution in [3.8, 4) is 10.6 Å². The molecule has 0 aromatic carbocycles. The van der Waals surface area contributed by atoms with E-state index in [9.17, 15) is 9.59 Å². The average Bonchev–Trinajstić information content (AvgIpc) is 3.39. The van der Waals surface area contributed by atoms with E-state index in [0.29, 0.717) is 23.9 Å². The van der Waals surface area contributed by atoms with Gasteiger partial charge in [0.25, 0.3) is 5.56 Å². The molecule has 1 amide bonds.